The van der Waals surface area contributed by atoms with Crippen LogP contribution in [0.5, 0.6) is 0 Å². The lowest BCUT2D eigenvalue weighted by Crippen LogP contribution is -2.44. The van der Waals surface area contributed by atoms with E-state index in [9.17, 15) is 9.59 Å². The van der Waals surface area contributed by atoms with Crippen LogP contribution in [0, 0.1) is 0 Å². The smallest absolute Gasteiger partial charge is 0.244 e. The van der Waals surface area contributed by atoms with Crippen molar-refractivity contribution in [1.29, 1.82) is 0 Å². The molecular formula is C19H29N3O2. The molecule has 1 aromatic rings. The van der Waals surface area contributed by atoms with Gasteiger partial charge in [-0.05, 0) is 46.1 Å². The summed E-state index contributed by atoms with van der Waals surface area (Å²) < 4.78 is 0. The molecule has 0 spiro atoms. The number of benzene rings is 1. The maximum Gasteiger partial charge on any atom is 0.244 e. The highest BCUT2D eigenvalue weighted by molar-refractivity contribution is 5.88. The first-order valence-corrected chi connectivity index (χ1v) is 8.27. The SMILES string of the molecule is C[C@H](N)C(=O)N[C@H](C=CC(=O)NC(C)(C)C)CCc1ccccc1. The third-order valence-electron chi connectivity index (χ3n) is 3.31. The molecule has 4 N–H and O–H groups in total. The Morgan fingerprint density at radius 2 is 1.83 bits per heavy atom. The number of hydrogen-bond acceptors (Lipinski definition) is 3. The summed E-state index contributed by atoms with van der Waals surface area (Å²) in [6, 6.07) is 9.20. The minimum absolute atomic E-state index is 0.178. The van der Waals surface area contributed by atoms with Crippen LogP contribution in [-0.2, 0) is 16.0 Å². The fraction of sp³-hybridized carbons (Fsp3) is 0.474. The van der Waals surface area contributed by atoms with Crippen molar-refractivity contribution in [3.63, 3.8) is 0 Å². The van der Waals surface area contributed by atoms with Crippen LogP contribution < -0.4 is 16.4 Å². The molecule has 2 atom stereocenters. The largest absolute Gasteiger partial charge is 0.349 e. The second kappa shape index (κ2) is 9.23. The number of carbonyl (C=O) groups excluding carboxylic acids is 2. The molecule has 0 aromatic heterocycles. The van der Waals surface area contributed by atoms with Crippen LogP contribution in [0.15, 0.2) is 42.5 Å². The summed E-state index contributed by atoms with van der Waals surface area (Å²) in [5.41, 5.74) is 6.50. The fourth-order valence-corrected chi connectivity index (χ4v) is 2.11. The first kappa shape index (κ1) is 19.9. The predicted octanol–water partition coefficient (Wildman–Crippen LogP) is 1.92. The summed E-state index contributed by atoms with van der Waals surface area (Å²) in [5.74, 6) is -0.406. The van der Waals surface area contributed by atoms with Crippen LogP contribution in [0.1, 0.15) is 39.7 Å². The lowest BCUT2D eigenvalue weighted by molar-refractivity contribution is -0.122. The molecule has 0 aliphatic heterocycles. The molecule has 0 fully saturated rings. The zero-order valence-corrected chi connectivity index (χ0v) is 15.0. The van der Waals surface area contributed by atoms with Gasteiger partial charge in [-0.1, -0.05) is 36.4 Å². The van der Waals surface area contributed by atoms with Gasteiger partial charge in [-0.2, -0.15) is 0 Å². The van der Waals surface area contributed by atoms with Gasteiger partial charge in [0.1, 0.15) is 0 Å². The molecule has 0 radical (unpaired) electrons. The number of amides is 2. The van der Waals surface area contributed by atoms with E-state index < -0.39 is 6.04 Å². The maximum absolute atomic E-state index is 11.9. The predicted molar refractivity (Wildman–Crippen MR) is 97.4 cm³/mol. The van der Waals surface area contributed by atoms with Crippen molar-refractivity contribution in [3.05, 3.63) is 48.0 Å². The van der Waals surface area contributed by atoms with E-state index in [2.05, 4.69) is 10.6 Å². The van der Waals surface area contributed by atoms with E-state index >= 15 is 0 Å². The fourth-order valence-electron chi connectivity index (χ4n) is 2.11. The van der Waals surface area contributed by atoms with Crippen LogP contribution in [0.4, 0.5) is 0 Å². The molecule has 5 nitrogen and oxygen atoms in total. The molecule has 5 heteroatoms. The van der Waals surface area contributed by atoms with E-state index in [1.807, 2.05) is 51.1 Å². The molecule has 2 amide bonds. The summed E-state index contributed by atoms with van der Waals surface area (Å²) in [7, 11) is 0. The van der Waals surface area contributed by atoms with Gasteiger partial charge >= 0.3 is 0 Å². The van der Waals surface area contributed by atoms with E-state index in [1.165, 1.54) is 11.6 Å². The normalized spacial score (nSPS) is 14.2. The Bertz CT molecular complexity index is 560. The number of hydrogen-bond donors (Lipinski definition) is 3. The second-order valence-electron chi connectivity index (χ2n) is 7.03. The van der Waals surface area contributed by atoms with Crippen molar-refractivity contribution in [2.45, 2.75) is 58.2 Å². The van der Waals surface area contributed by atoms with E-state index in [0.717, 1.165) is 6.42 Å². The van der Waals surface area contributed by atoms with Gasteiger partial charge in [0.15, 0.2) is 0 Å². The lowest BCUT2D eigenvalue weighted by atomic mass is 10.0. The Morgan fingerprint density at radius 1 is 1.21 bits per heavy atom. The average molecular weight is 331 g/mol. The number of carbonyl (C=O) groups is 2. The molecule has 0 bridgehead atoms. The topological polar surface area (TPSA) is 84.2 Å². The Balaban J connectivity index is 2.70. The molecule has 0 unspecified atom stereocenters. The van der Waals surface area contributed by atoms with Crippen molar-refractivity contribution >= 4 is 11.8 Å². The molecule has 1 rings (SSSR count). The van der Waals surface area contributed by atoms with E-state index in [-0.39, 0.29) is 23.4 Å². The zero-order valence-electron chi connectivity index (χ0n) is 15.0. The van der Waals surface area contributed by atoms with Crippen molar-refractivity contribution in [1.82, 2.24) is 10.6 Å². The van der Waals surface area contributed by atoms with Crippen molar-refractivity contribution in [2.75, 3.05) is 0 Å². The zero-order chi connectivity index (χ0) is 18.2. The summed E-state index contributed by atoms with van der Waals surface area (Å²) in [6.07, 6.45) is 4.70. The van der Waals surface area contributed by atoms with Crippen LogP contribution >= 0.6 is 0 Å². The number of nitrogens with two attached hydrogens (primary N) is 1. The summed E-state index contributed by atoms with van der Waals surface area (Å²) >= 11 is 0. The molecule has 0 saturated heterocycles. The Hall–Kier alpha value is -2.14. The minimum atomic E-state index is -0.582. The Labute approximate surface area is 144 Å². The highest BCUT2D eigenvalue weighted by Gasteiger charge is 2.15. The van der Waals surface area contributed by atoms with Crippen molar-refractivity contribution < 1.29 is 9.59 Å². The van der Waals surface area contributed by atoms with Gasteiger partial charge < -0.3 is 16.4 Å². The number of aryl methyl sites for hydroxylation is 1. The summed E-state index contributed by atoms with van der Waals surface area (Å²) in [6.45, 7) is 7.40. The first-order valence-electron chi connectivity index (χ1n) is 8.27. The molecule has 0 saturated carbocycles. The van der Waals surface area contributed by atoms with Gasteiger partial charge in [-0.15, -0.1) is 0 Å². The lowest BCUT2D eigenvalue weighted by Gasteiger charge is -2.20. The van der Waals surface area contributed by atoms with Crippen LogP contribution in [0.25, 0.3) is 0 Å². The van der Waals surface area contributed by atoms with Crippen LogP contribution in [0.3, 0.4) is 0 Å². The van der Waals surface area contributed by atoms with E-state index in [4.69, 9.17) is 5.73 Å². The highest BCUT2D eigenvalue weighted by Crippen LogP contribution is 2.07. The van der Waals surface area contributed by atoms with Crippen LogP contribution in [-0.4, -0.2) is 29.4 Å². The summed E-state index contributed by atoms with van der Waals surface area (Å²) in [4.78, 5) is 23.8. The second-order valence-corrected chi connectivity index (χ2v) is 7.03. The van der Waals surface area contributed by atoms with Crippen molar-refractivity contribution in [2.24, 2.45) is 5.73 Å². The van der Waals surface area contributed by atoms with Gasteiger partial charge in [0, 0.05) is 17.7 Å². The van der Waals surface area contributed by atoms with Gasteiger partial charge in [0.2, 0.25) is 11.8 Å². The number of rotatable bonds is 7. The molecule has 0 aliphatic rings. The monoisotopic (exact) mass is 331 g/mol. The first-order chi connectivity index (χ1) is 11.2. The number of nitrogens with one attached hydrogen (secondary N) is 2. The summed E-state index contributed by atoms with van der Waals surface area (Å²) in [5, 5.41) is 5.74. The molecule has 1 aromatic carbocycles. The Morgan fingerprint density at radius 3 is 2.38 bits per heavy atom. The highest BCUT2D eigenvalue weighted by atomic mass is 16.2. The standard InChI is InChI=1S/C19H29N3O2/c1-14(20)18(24)21-16(11-10-15-8-6-5-7-9-15)12-13-17(23)22-19(2,3)4/h5-9,12-14,16H,10-11,20H2,1-4H3,(H,21,24)(H,22,23)/t14-,16-/m0/s1. The minimum Gasteiger partial charge on any atom is -0.349 e. The molecular weight excluding hydrogens is 302 g/mol. The third-order valence-corrected chi connectivity index (χ3v) is 3.31. The molecule has 0 aliphatic carbocycles. The average Bonchev–Trinajstić information content (AvgIpc) is 2.49. The quantitative estimate of drug-likeness (QED) is 0.667. The van der Waals surface area contributed by atoms with Gasteiger partial charge in [0.05, 0.1) is 6.04 Å². The molecule has 0 heterocycles. The maximum atomic E-state index is 11.9. The van der Waals surface area contributed by atoms with Gasteiger partial charge in [-0.3, -0.25) is 9.59 Å². The van der Waals surface area contributed by atoms with Crippen molar-refractivity contribution in [3.8, 4) is 0 Å². The van der Waals surface area contributed by atoms with E-state index in [1.54, 1.807) is 13.0 Å². The van der Waals surface area contributed by atoms with Gasteiger partial charge in [-0.25, -0.2) is 0 Å². The van der Waals surface area contributed by atoms with Gasteiger partial charge in [0.25, 0.3) is 0 Å². The molecule has 24 heavy (non-hydrogen) atoms. The molecule has 132 valence electrons. The third kappa shape index (κ3) is 8.48. The van der Waals surface area contributed by atoms with E-state index in [0.29, 0.717) is 6.42 Å². The Kier molecular flexibility index (Phi) is 7.65. The van der Waals surface area contributed by atoms with Crippen LogP contribution in [0.2, 0.25) is 0 Å².